The van der Waals surface area contributed by atoms with Gasteiger partial charge in [-0.05, 0) is 13.0 Å². The number of methoxy groups -OCH3 is 1. The van der Waals surface area contributed by atoms with Gasteiger partial charge in [0.25, 0.3) is 0 Å². The number of rotatable bonds is 13. The van der Waals surface area contributed by atoms with E-state index in [1.807, 2.05) is 0 Å². The Labute approximate surface area is 239 Å². The SMILES string of the molecule is COCCOCCOCCO[C@H]1CSSC[C@@H]1OP1(=O)OC[C@H]2O[C@@H](n3ccc4c(N)ncnc43)[C@](C)(O)[C@@H]2O1. The average molecular weight is 623 g/mol. The van der Waals surface area contributed by atoms with Crippen molar-refractivity contribution in [2.24, 2.45) is 0 Å². The van der Waals surface area contributed by atoms with Gasteiger partial charge in [0.2, 0.25) is 0 Å². The first kappa shape index (κ1) is 30.4. The summed E-state index contributed by atoms with van der Waals surface area (Å²) in [6.45, 7) is 4.20. The maximum absolute atomic E-state index is 13.7. The Bertz CT molecular complexity index is 1180. The summed E-state index contributed by atoms with van der Waals surface area (Å²) in [7, 11) is 0.817. The highest BCUT2D eigenvalue weighted by atomic mass is 33.1. The van der Waals surface area contributed by atoms with Gasteiger partial charge in [-0.25, -0.2) is 14.5 Å². The molecule has 14 nitrogen and oxygen atoms in total. The highest BCUT2D eigenvalue weighted by Gasteiger charge is 2.60. The number of aromatic nitrogens is 3. The molecule has 0 aliphatic carbocycles. The van der Waals surface area contributed by atoms with E-state index in [0.717, 1.165) is 0 Å². The van der Waals surface area contributed by atoms with Crippen molar-refractivity contribution in [2.75, 3.05) is 70.6 Å². The lowest BCUT2D eigenvalue weighted by atomic mass is 9.96. The van der Waals surface area contributed by atoms with Gasteiger partial charge in [0, 0.05) is 24.8 Å². The van der Waals surface area contributed by atoms with Crippen LogP contribution in [0, 0.1) is 0 Å². The molecule has 2 aromatic heterocycles. The zero-order valence-corrected chi connectivity index (χ0v) is 24.8. The largest absolute Gasteiger partial charge is 0.475 e. The van der Waals surface area contributed by atoms with Gasteiger partial charge >= 0.3 is 7.82 Å². The Balaban J connectivity index is 1.16. The minimum absolute atomic E-state index is 0.0780. The Hall–Kier alpha value is -1.01. The van der Waals surface area contributed by atoms with E-state index >= 15 is 0 Å². The topological polar surface area (TPSA) is 168 Å². The smallest absolute Gasteiger partial charge is 0.383 e. The van der Waals surface area contributed by atoms with Crippen LogP contribution in [0.2, 0.25) is 0 Å². The standard InChI is InChI=1S/C23H35N4O10PS2/c1-23(28)19-16(35-22(23)27-4-3-15-20(24)25-14-26-21(15)27)11-34-38(29,37-19)36-18-13-40-39-12-17(18)33-10-9-32-8-7-31-6-5-30-2/h3-4,14,16-19,22,28H,5-13H2,1-2H3,(H2,24,25,26)/t16-,17+,18+,19-,22-,23-,38?/m1/s1. The fourth-order valence-electron chi connectivity index (χ4n) is 4.70. The second kappa shape index (κ2) is 13.5. The molecule has 3 aliphatic heterocycles. The third kappa shape index (κ3) is 6.79. The van der Waals surface area contributed by atoms with Gasteiger partial charge in [-0.1, -0.05) is 21.6 Å². The molecule has 0 spiro atoms. The van der Waals surface area contributed by atoms with Crippen molar-refractivity contribution >= 4 is 46.3 Å². The van der Waals surface area contributed by atoms with Crippen molar-refractivity contribution in [2.45, 2.75) is 43.2 Å². The molecular formula is C23H35N4O10PS2. The Morgan fingerprint density at radius 1 is 1.15 bits per heavy atom. The number of nitrogens with two attached hydrogens (primary N) is 1. The Morgan fingerprint density at radius 2 is 1.88 bits per heavy atom. The number of nitrogen functional groups attached to an aromatic ring is 1. The van der Waals surface area contributed by atoms with Crippen LogP contribution in [0.15, 0.2) is 18.6 Å². The quantitative estimate of drug-likeness (QED) is 0.189. The highest BCUT2D eigenvalue weighted by Crippen LogP contribution is 2.60. The number of phosphoric acid groups is 1. The van der Waals surface area contributed by atoms with Gasteiger partial charge in [0.05, 0.1) is 57.7 Å². The normalized spacial score (nSPS) is 34.3. The molecule has 3 fully saturated rings. The fraction of sp³-hybridized carbons (Fsp3) is 0.739. The van der Waals surface area contributed by atoms with Gasteiger partial charge < -0.3 is 39.1 Å². The van der Waals surface area contributed by atoms with Crippen molar-refractivity contribution < 1.29 is 46.9 Å². The molecule has 17 heteroatoms. The van der Waals surface area contributed by atoms with Gasteiger partial charge in [0.15, 0.2) is 6.23 Å². The summed E-state index contributed by atoms with van der Waals surface area (Å²) in [6.07, 6.45) is -0.376. The number of aliphatic hydroxyl groups is 1. The first-order valence-corrected chi connectivity index (χ1v) is 16.8. The minimum atomic E-state index is -4.05. The molecule has 0 aromatic carbocycles. The third-order valence-corrected chi connectivity index (χ3v) is 10.6. The van der Waals surface area contributed by atoms with E-state index in [1.54, 1.807) is 52.5 Å². The summed E-state index contributed by atoms with van der Waals surface area (Å²) in [5.41, 5.74) is 4.88. The van der Waals surface area contributed by atoms with Crippen molar-refractivity contribution in [1.29, 1.82) is 0 Å². The summed E-state index contributed by atoms with van der Waals surface area (Å²) >= 11 is 0. The molecule has 3 aliphatic rings. The summed E-state index contributed by atoms with van der Waals surface area (Å²) < 4.78 is 60.7. The average Bonchev–Trinajstić information content (AvgIpc) is 3.47. The molecule has 2 aromatic rings. The van der Waals surface area contributed by atoms with E-state index < -0.39 is 38.0 Å². The zero-order valence-electron chi connectivity index (χ0n) is 22.3. The van der Waals surface area contributed by atoms with Crippen LogP contribution in [0.5, 0.6) is 0 Å². The van der Waals surface area contributed by atoms with Crippen LogP contribution in [-0.2, 0) is 41.8 Å². The highest BCUT2D eigenvalue weighted by molar-refractivity contribution is 8.76. The van der Waals surface area contributed by atoms with Crippen molar-refractivity contribution in [1.82, 2.24) is 14.5 Å². The molecule has 224 valence electrons. The Morgan fingerprint density at radius 3 is 2.65 bits per heavy atom. The van der Waals surface area contributed by atoms with Gasteiger partial charge in [-0.15, -0.1) is 0 Å². The molecule has 0 radical (unpaired) electrons. The molecule has 0 bridgehead atoms. The molecule has 40 heavy (non-hydrogen) atoms. The fourth-order valence-corrected chi connectivity index (χ4v) is 8.90. The zero-order chi connectivity index (χ0) is 28.2. The number of anilines is 1. The monoisotopic (exact) mass is 622 g/mol. The summed E-state index contributed by atoms with van der Waals surface area (Å²) in [4.78, 5) is 8.29. The van der Waals surface area contributed by atoms with Crippen LogP contribution in [-0.4, -0.2) is 115 Å². The van der Waals surface area contributed by atoms with E-state index in [-0.39, 0.29) is 12.7 Å². The van der Waals surface area contributed by atoms with Crippen LogP contribution >= 0.6 is 29.4 Å². The lowest BCUT2D eigenvalue weighted by Crippen LogP contribution is -2.48. The molecule has 5 rings (SSSR count). The number of ether oxygens (including phenoxy) is 5. The van der Waals surface area contributed by atoms with Gasteiger partial charge in [0.1, 0.15) is 41.7 Å². The van der Waals surface area contributed by atoms with Crippen molar-refractivity contribution in [3.05, 3.63) is 18.6 Å². The predicted octanol–water partition coefficient (Wildman–Crippen LogP) is 2.03. The van der Waals surface area contributed by atoms with Crippen molar-refractivity contribution in [3.8, 4) is 0 Å². The van der Waals surface area contributed by atoms with Gasteiger partial charge in [-0.2, -0.15) is 0 Å². The molecule has 3 N–H and O–H groups in total. The van der Waals surface area contributed by atoms with Crippen molar-refractivity contribution in [3.63, 3.8) is 0 Å². The van der Waals surface area contributed by atoms with E-state index in [1.165, 1.54) is 6.33 Å². The van der Waals surface area contributed by atoms with E-state index in [0.29, 0.717) is 68.0 Å². The van der Waals surface area contributed by atoms with Crippen LogP contribution in [0.3, 0.4) is 0 Å². The number of nitrogens with zero attached hydrogens (tertiary/aromatic N) is 3. The molecule has 5 heterocycles. The number of hydrogen-bond donors (Lipinski definition) is 2. The molecular weight excluding hydrogens is 587 g/mol. The second-order valence-electron chi connectivity index (χ2n) is 9.58. The lowest BCUT2D eigenvalue weighted by molar-refractivity contribution is -0.0977. The maximum atomic E-state index is 13.7. The maximum Gasteiger partial charge on any atom is 0.475 e. The lowest BCUT2D eigenvalue weighted by Gasteiger charge is -2.38. The van der Waals surface area contributed by atoms with Crippen LogP contribution < -0.4 is 5.73 Å². The van der Waals surface area contributed by atoms with E-state index in [4.69, 9.17) is 43.0 Å². The van der Waals surface area contributed by atoms with Crippen LogP contribution in [0.4, 0.5) is 5.82 Å². The van der Waals surface area contributed by atoms with Crippen LogP contribution in [0.25, 0.3) is 11.0 Å². The first-order chi connectivity index (χ1) is 19.3. The van der Waals surface area contributed by atoms with Crippen LogP contribution in [0.1, 0.15) is 13.2 Å². The molecule has 0 amide bonds. The first-order valence-electron chi connectivity index (χ1n) is 12.9. The predicted molar refractivity (Wildman–Crippen MR) is 148 cm³/mol. The second-order valence-corrected chi connectivity index (χ2v) is 13.7. The number of phosphoric ester groups is 1. The molecule has 1 unspecified atom stereocenters. The summed E-state index contributed by atoms with van der Waals surface area (Å²) in [6, 6.07) is 1.75. The summed E-state index contributed by atoms with van der Waals surface area (Å²) in [5.74, 6) is 1.48. The third-order valence-electron chi connectivity index (χ3n) is 6.74. The minimum Gasteiger partial charge on any atom is -0.383 e. The number of hydrogen-bond acceptors (Lipinski definition) is 15. The molecule has 0 saturated carbocycles. The Kier molecular flexibility index (Phi) is 10.3. The van der Waals surface area contributed by atoms with Gasteiger partial charge in [-0.3, -0.25) is 13.6 Å². The summed E-state index contributed by atoms with van der Waals surface area (Å²) in [5, 5.41) is 12.2. The number of fused-ring (bicyclic) bond motifs is 2. The van der Waals surface area contributed by atoms with E-state index in [2.05, 4.69) is 9.97 Å². The molecule has 7 atom stereocenters. The van der Waals surface area contributed by atoms with E-state index in [9.17, 15) is 9.67 Å². The molecule has 3 saturated heterocycles.